The van der Waals surface area contributed by atoms with Gasteiger partial charge in [0.05, 0.1) is 11.5 Å². The molecule has 0 spiro atoms. The van der Waals surface area contributed by atoms with Crippen molar-refractivity contribution in [3.8, 4) is 16.5 Å². The fraction of sp³-hybridized carbons (Fsp3) is 0.381. The lowest BCUT2D eigenvalue weighted by molar-refractivity contribution is -0.116. The SMILES string of the molecule is CCOc1ccc(NC(=O)CCc2nc(-c3cccs3)no2)cc1S(=O)(=O)N1CCCC1. The monoisotopic (exact) mass is 476 g/mol. The summed E-state index contributed by atoms with van der Waals surface area (Å²) < 4.78 is 38.4. The Morgan fingerprint density at radius 2 is 2.09 bits per heavy atom. The fourth-order valence-electron chi connectivity index (χ4n) is 3.44. The normalized spacial score (nSPS) is 14.5. The van der Waals surface area contributed by atoms with Crippen LogP contribution in [0.4, 0.5) is 5.69 Å². The van der Waals surface area contributed by atoms with E-state index in [-0.39, 0.29) is 29.4 Å². The van der Waals surface area contributed by atoms with Crippen molar-refractivity contribution in [3.63, 3.8) is 0 Å². The molecule has 1 N–H and O–H groups in total. The number of ether oxygens (including phenoxy) is 1. The molecular formula is C21H24N4O5S2. The van der Waals surface area contributed by atoms with E-state index in [1.165, 1.54) is 21.7 Å². The number of hydrogen-bond donors (Lipinski definition) is 1. The van der Waals surface area contributed by atoms with Crippen LogP contribution < -0.4 is 10.1 Å². The number of thiophene rings is 1. The lowest BCUT2D eigenvalue weighted by Gasteiger charge is -2.19. The smallest absolute Gasteiger partial charge is 0.246 e. The first-order valence-electron chi connectivity index (χ1n) is 10.4. The molecule has 11 heteroatoms. The standard InChI is InChI=1S/C21H24N4O5S2/c1-2-29-16-8-7-15(14-18(16)32(27,28)25-11-3-4-12-25)22-19(26)9-10-20-23-21(24-30-20)17-6-5-13-31-17/h5-8,13-14H,2-4,9-12H2,1H3,(H,22,26). The van der Waals surface area contributed by atoms with Crippen molar-refractivity contribution in [3.05, 3.63) is 41.6 Å². The Morgan fingerprint density at radius 3 is 2.81 bits per heavy atom. The minimum Gasteiger partial charge on any atom is -0.492 e. The lowest BCUT2D eigenvalue weighted by atomic mass is 10.2. The summed E-state index contributed by atoms with van der Waals surface area (Å²) in [5.74, 6) is 0.866. The predicted octanol–water partition coefficient (Wildman–Crippen LogP) is 3.55. The zero-order valence-electron chi connectivity index (χ0n) is 17.6. The Balaban J connectivity index is 1.43. The summed E-state index contributed by atoms with van der Waals surface area (Å²) in [7, 11) is -3.70. The summed E-state index contributed by atoms with van der Waals surface area (Å²) in [5, 5.41) is 8.61. The van der Waals surface area contributed by atoms with Crippen molar-refractivity contribution in [2.45, 2.75) is 37.5 Å². The molecule has 9 nitrogen and oxygen atoms in total. The quantitative estimate of drug-likeness (QED) is 0.502. The minimum absolute atomic E-state index is 0.0662. The molecule has 170 valence electrons. The average molecular weight is 477 g/mol. The molecule has 4 rings (SSSR count). The second-order valence-electron chi connectivity index (χ2n) is 7.24. The Labute approximate surface area is 190 Å². The maximum atomic E-state index is 13.1. The van der Waals surface area contributed by atoms with Gasteiger partial charge in [-0.1, -0.05) is 11.2 Å². The van der Waals surface area contributed by atoms with Crippen LogP contribution in [-0.4, -0.2) is 48.5 Å². The lowest BCUT2D eigenvalue weighted by Crippen LogP contribution is -2.28. The topological polar surface area (TPSA) is 115 Å². The van der Waals surface area contributed by atoms with Crippen molar-refractivity contribution in [1.29, 1.82) is 0 Å². The van der Waals surface area contributed by atoms with Gasteiger partial charge in [-0.2, -0.15) is 9.29 Å². The first-order valence-corrected chi connectivity index (χ1v) is 12.7. The number of hydrogen-bond acceptors (Lipinski definition) is 8. The number of carbonyl (C=O) groups is 1. The highest BCUT2D eigenvalue weighted by Crippen LogP contribution is 2.31. The number of nitrogens with one attached hydrogen (secondary N) is 1. The van der Waals surface area contributed by atoms with Crippen LogP contribution in [-0.2, 0) is 21.2 Å². The predicted molar refractivity (Wildman–Crippen MR) is 120 cm³/mol. The van der Waals surface area contributed by atoms with E-state index in [2.05, 4.69) is 15.5 Å². The number of benzene rings is 1. The molecule has 1 saturated heterocycles. The van der Waals surface area contributed by atoms with E-state index in [0.29, 0.717) is 37.1 Å². The molecule has 1 fully saturated rings. The van der Waals surface area contributed by atoms with E-state index in [0.717, 1.165) is 17.7 Å². The minimum atomic E-state index is -3.70. The first-order chi connectivity index (χ1) is 15.5. The Morgan fingerprint density at radius 1 is 1.28 bits per heavy atom. The molecule has 3 aromatic rings. The third kappa shape index (κ3) is 5.00. The van der Waals surface area contributed by atoms with Crippen LogP contribution in [0.1, 0.15) is 32.1 Å². The number of aryl methyl sites for hydroxylation is 1. The van der Waals surface area contributed by atoms with Gasteiger partial charge in [-0.15, -0.1) is 11.3 Å². The van der Waals surface area contributed by atoms with Crippen LogP contribution in [0.3, 0.4) is 0 Å². The summed E-state index contributed by atoms with van der Waals surface area (Å²) in [6, 6.07) is 8.46. The van der Waals surface area contributed by atoms with Crippen LogP contribution in [0.15, 0.2) is 45.1 Å². The molecule has 1 amide bonds. The molecular weight excluding hydrogens is 452 g/mol. The molecule has 2 aromatic heterocycles. The van der Waals surface area contributed by atoms with Crippen LogP contribution >= 0.6 is 11.3 Å². The zero-order chi connectivity index (χ0) is 22.6. The number of anilines is 1. The highest BCUT2D eigenvalue weighted by Gasteiger charge is 2.30. The molecule has 0 radical (unpaired) electrons. The zero-order valence-corrected chi connectivity index (χ0v) is 19.2. The molecule has 32 heavy (non-hydrogen) atoms. The second-order valence-corrected chi connectivity index (χ2v) is 10.1. The number of amides is 1. The van der Waals surface area contributed by atoms with Gasteiger partial charge in [-0.3, -0.25) is 4.79 Å². The molecule has 0 bridgehead atoms. The van der Waals surface area contributed by atoms with Gasteiger partial charge in [0, 0.05) is 31.6 Å². The van der Waals surface area contributed by atoms with E-state index >= 15 is 0 Å². The van der Waals surface area contributed by atoms with Gasteiger partial charge in [0.1, 0.15) is 10.6 Å². The second kappa shape index (κ2) is 9.80. The third-order valence-electron chi connectivity index (χ3n) is 4.99. The fourth-order valence-corrected chi connectivity index (χ4v) is 5.76. The van der Waals surface area contributed by atoms with Gasteiger partial charge in [0.15, 0.2) is 0 Å². The van der Waals surface area contributed by atoms with Crippen LogP contribution in [0.25, 0.3) is 10.7 Å². The molecule has 0 aliphatic carbocycles. The molecule has 0 atom stereocenters. The Bertz CT molecular complexity index is 1170. The molecule has 3 heterocycles. The number of carbonyl (C=O) groups excluding carboxylic acids is 1. The molecule has 1 aliphatic rings. The molecule has 0 unspecified atom stereocenters. The van der Waals surface area contributed by atoms with Gasteiger partial charge in [-0.25, -0.2) is 8.42 Å². The maximum absolute atomic E-state index is 13.1. The number of sulfonamides is 1. The van der Waals surface area contributed by atoms with Crippen LogP contribution in [0.5, 0.6) is 5.75 Å². The van der Waals surface area contributed by atoms with Gasteiger partial charge in [0.25, 0.3) is 0 Å². The molecule has 1 aliphatic heterocycles. The summed E-state index contributed by atoms with van der Waals surface area (Å²) in [6.45, 7) is 3.11. The van der Waals surface area contributed by atoms with Crippen molar-refractivity contribution in [1.82, 2.24) is 14.4 Å². The highest BCUT2D eigenvalue weighted by molar-refractivity contribution is 7.89. The summed E-state index contributed by atoms with van der Waals surface area (Å²) in [5.41, 5.74) is 0.390. The maximum Gasteiger partial charge on any atom is 0.246 e. The highest BCUT2D eigenvalue weighted by atomic mass is 32.2. The van der Waals surface area contributed by atoms with E-state index in [4.69, 9.17) is 9.26 Å². The van der Waals surface area contributed by atoms with E-state index in [1.807, 2.05) is 17.5 Å². The number of aromatic nitrogens is 2. The van der Waals surface area contributed by atoms with Crippen LogP contribution in [0.2, 0.25) is 0 Å². The van der Waals surface area contributed by atoms with Crippen molar-refractivity contribution < 1.29 is 22.5 Å². The van der Waals surface area contributed by atoms with E-state index in [1.54, 1.807) is 19.1 Å². The third-order valence-corrected chi connectivity index (χ3v) is 7.77. The van der Waals surface area contributed by atoms with Crippen molar-refractivity contribution in [2.24, 2.45) is 0 Å². The first kappa shape index (κ1) is 22.4. The molecule has 0 saturated carbocycles. The summed E-state index contributed by atoms with van der Waals surface area (Å²) in [6.07, 6.45) is 2.07. The summed E-state index contributed by atoms with van der Waals surface area (Å²) >= 11 is 1.51. The van der Waals surface area contributed by atoms with E-state index in [9.17, 15) is 13.2 Å². The van der Waals surface area contributed by atoms with Crippen molar-refractivity contribution in [2.75, 3.05) is 25.0 Å². The van der Waals surface area contributed by atoms with Crippen LogP contribution in [0, 0.1) is 0 Å². The van der Waals surface area contributed by atoms with Crippen molar-refractivity contribution >= 4 is 33.0 Å². The molecule has 1 aromatic carbocycles. The average Bonchev–Trinajstić information content (AvgIpc) is 3.56. The Hall–Kier alpha value is -2.76. The summed E-state index contributed by atoms with van der Waals surface area (Å²) in [4.78, 5) is 17.7. The van der Waals surface area contributed by atoms with Gasteiger partial charge in [0.2, 0.25) is 27.6 Å². The van der Waals surface area contributed by atoms with E-state index < -0.39 is 10.0 Å². The van der Waals surface area contributed by atoms with Gasteiger partial charge >= 0.3 is 0 Å². The van der Waals surface area contributed by atoms with Gasteiger partial charge < -0.3 is 14.6 Å². The Kier molecular flexibility index (Phi) is 6.87. The number of rotatable bonds is 9. The largest absolute Gasteiger partial charge is 0.492 e. The number of nitrogens with zero attached hydrogens (tertiary/aromatic N) is 3. The van der Waals surface area contributed by atoms with Gasteiger partial charge in [-0.05, 0) is 49.4 Å².